The zero-order valence-corrected chi connectivity index (χ0v) is 6.49. The molecule has 3 heteroatoms. The van der Waals surface area contributed by atoms with Crippen molar-refractivity contribution in [3.05, 3.63) is 18.0 Å². The highest BCUT2D eigenvalue weighted by atomic mass is 15.3. The summed E-state index contributed by atoms with van der Waals surface area (Å²) < 4.78 is 1.69. The van der Waals surface area contributed by atoms with Crippen LogP contribution < -0.4 is 5.73 Å². The second-order valence-corrected chi connectivity index (χ2v) is 2.46. The first-order valence-corrected chi connectivity index (χ1v) is 3.45. The summed E-state index contributed by atoms with van der Waals surface area (Å²) in [4.78, 5) is 0. The van der Waals surface area contributed by atoms with Crippen LogP contribution in [0.25, 0.3) is 0 Å². The largest absolute Gasteiger partial charge is 0.324 e. The van der Waals surface area contributed by atoms with Crippen LogP contribution in [0.2, 0.25) is 0 Å². The Morgan fingerprint density at radius 1 is 1.91 bits per heavy atom. The lowest BCUT2D eigenvalue weighted by molar-refractivity contribution is 0.712. The molecular weight excluding hydrogens is 138 g/mol. The highest BCUT2D eigenvalue weighted by Gasteiger charge is 2.00. The van der Waals surface area contributed by atoms with Gasteiger partial charge in [-0.2, -0.15) is 5.10 Å². The number of aromatic nitrogens is 2. The Hall–Kier alpha value is -1.27. The number of nitrogens with zero attached hydrogens (tertiary/aromatic N) is 2. The molecule has 0 radical (unpaired) electrons. The van der Waals surface area contributed by atoms with Gasteiger partial charge in [0.25, 0.3) is 0 Å². The first-order valence-electron chi connectivity index (χ1n) is 3.45. The predicted octanol–water partition coefficient (Wildman–Crippen LogP) is 0.536. The van der Waals surface area contributed by atoms with Gasteiger partial charge < -0.3 is 5.73 Å². The van der Waals surface area contributed by atoms with E-state index >= 15 is 0 Å². The number of terminal acetylenes is 1. The SMILES string of the molecule is C#CCn1cc([C@@H](C)N)cn1. The Bertz CT molecular complexity index is 267. The first-order chi connectivity index (χ1) is 5.24. The molecule has 0 saturated heterocycles. The van der Waals surface area contributed by atoms with E-state index in [1.165, 1.54) is 0 Å². The van der Waals surface area contributed by atoms with Gasteiger partial charge in [-0.15, -0.1) is 6.42 Å². The Labute approximate surface area is 66.2 Å². The van der Waals surface area contributed by atoms with E-state index in [1.54, 1.807) is 10.9 Å². The lowest BCUT2D eigenvalue weighted by Crippen LogP contribution is -2.03. The number of nitrogens with two attached hydrogens (primary N) is 1. The van der Waals surface area contributed by atoms with Gasteiger partial charge in [-0.3, -0.25) is 4.68 Å². The van der Waals surface area contributed by atoms with Gasteiger partial charge >= 0.3 is 0 Å². The van der Waals surface area contributed by atoms with Gasteiger partial charge in [0, 0.05) is 17.8 Å². The maximum atomic E-state index is 5.62. The molecule has 0 aliphatic heterocycles. The summed E-state index contributed by atoms with van der Waals surface area (Å²) >= 11 is 0. The van der Waals surface area contributed by atoms with Crippen LogP contribution in [-0.4, -0.2) is 9.78 Å². The molecule has 1 heterocycles. The summed E-state index contributed by atoms with van der Waals surface area (Å²) in [6.07, 6.45) is 8.71. The van der Waals surface area contributed by atoms with Gasteiger partial charge in [-0.25, -0.2) is 0 Å². The van der Waals surface area contributed by atoms with Gasteiger partial charge in [0.1, 0.15) is 6.54 Å². The maximum absolute atomic E-state index is 5.62. The molecule has 1 aromatic heterocycles. The van der Waals surface area contributed by atoms with E-state index in [1.807, 2.05) is 13.1 Å². The van der Waals surface area contributed by atoms with Crippen molar-refractivity contribution in [3.8, 4) is 12.3 Å². The Balaban J connectivity index is 2.75. The molecule has 3 nitrogen and oxygen atoms in total. The topological polar surface area (TPSA) is 43.8 Å². The van der Waals surface area contributed by atoms with E-state index in [2.05, 4.69) is 11.0 Å². The molecule has 0 aliphatic carbocycles. The van der Waals surface area contributed by atoms with Crippen molar-refractivity contribution in [2.24, 2.45) is 5.73 Å². The zero-order valence-electron chi connectivity index (χ0n) is 6.49. The van der Waals surface area contributed by atoms with Crippen LogP contribution in [0.4, 0.5) is 0 Å². The van der Waals surface area contributed by atoms with E-state index in [-0.39, 0.29) is 6.04 Å². The van der Waals surface area contributed by atoms with Gasteiger partial charge in [-0.05, 0) is 6.92 Å². The highest BCUT2D eigenvalue weighted by Crippen LogP contribution is 2.06. The van der Waals surface area contributed by atoms with Crippen molar-refractivity contribution in [1.29, 1.82) is 0 Å². The average molecular weight is 149 g/mol. The molecule has 58 valence electrons. The van der Waals surface area contributed by atoms with Crippen LogP contribution in [0.3, 0.4) is 0 Å². The van der Waals surface area contributed by atoms with Crippen LogP contribution in [0, 0.1) is 12.3 Å². The van der Waals surface area contributed by atoms with E-state index in [4.69, 9.17) is 12.2 Å². The standard InChI is InChI=1S/C8H11N3/c1-3-4-11-6-8(5-10-11)7(2)9/h1,5-7H,4,9H2,2H3/t7-/m1/s1. The van der Waals surface area contributed by atoms with Gasteiger partial charge in [-0.1, -0.05) is 5.92 Å². The van der Waals surface area contributed by atoms with Crippen LogP contribution >= 0.6 is 0 Å². The molecule has 11 heavy (non-hydrogen) atoms. The third kappa shape index (κ3) is 1.82. The maximum Gasteiger partial charge on any atom is 0.101 e. The normalized spacial score (nSPS) is 12.5. The molecule has 0 bridgehead atoms. The summed E-state index contributed by atoms with van der Waals surface area (Å²) in [5.41, 5.74) is 6.63. The molecule has 0 aliphatic rings. The van der Waals surface area contributed by atoms with E-state index in [0.717, 1.165) is 5.56 Å². The van der Waals surface area contributed by atoms with Crippen molar-refractivity contribution in [3.63, 3.8) is 0 Å². The Morgan fingerprint density at radius 2 is 2.64 bits per heavy atom. The summed E-state index contributed by atoms with van der Waals surface area (Å²) in [5.74, 6) is 2.50. The third-order valence-corrected chi connectivity index (χ3v) is 1.43. The minimum absolute atomic E-state index is 0.0292. The number of hydrogen-bond donors (Lipinski definition) is 1. The fraction of sp³-hybridized carbons (Fsp3) is 0.375. The fourth-order valence-corrected chi connectivity index (χ4v) is 0.795. The Kier molecular flexibility index (Phi) is 2.29. The van der Waals surface area contributed by atoms with Gasteiger partial charge in [0.15, 0.2) is 0 Å². The summed E-state index contributed by atoms with van der Waals surface area (Å²) in [5, 5.41) is 4.02. The molecule has 0 saturated carbocycles. The lowest BCUT2D eigenvalue weighted by atomic mass is 10.2. The van der Waals surface area contributed by atoms with E-state index in [0.29, 0.717) is 6.54 Å². The van der Waals surface area contributed by atoms with E-state index < -0.39 is 0 Å². The minimum Gasteiger partial charge on any atom is -0.324 e. The summed E-state index contributed by atoms with van der Waals surface area (Å²) in [6.45, 7) is 2.42. The van der Waals surface area contributed by atoms with Crippen molar-refractivity contribution < 1.29 is 0 Å². The summed E-state index contributed by atoms with van der Waals surface area (Å²) in [6, 6.07) is 0.0292. The van der Waals surface area contributed by atoms with Gasteiger partial charge in [0.2, 0.25) is 0 Å². The lowest BCUT2D eigenvalue weighted by Gasteiger charge is -1.97. The predicted molar refractivity (Wildman–Crippen MR) is 43.7 cm³/mol. The molecular formula is C8H11N3. The molecule has 1 aromatic rings. The van der Waals surface area contributed by atoms with E-state index in [9.17, 15) is 0 Å². The molecule has 0 spiro atoms. The second-order valence-electron chi connectivity index (χ2n) is 2.46. The molecule has 1 atom stereocenters. The highest BCUT2D eigenvalue weighted by molar-refractivity contribution is 5.08. The fourth-order valence-electron chi connectivity index (χ4n) is 0.795. The molecule has 0 unspecified atom stereocenters. The minimum atomic E-state index is 0.0292. The van der Waals surface area contributed by atoms with Crippen LogP contribution in [0.5, 0.6) is 0 Å². The van der Waals surface area contributed by atoms with Crippen LogP contribution in [0.15, 0.2) is 12.4 Å². The monoisotopic (exact) mass is 149 g/mol. The van der Waals surface area contributed by atoms with Crippen molar-refractivity contribution in [2.75, 3.05) is 0 Å². The number of hydrogen-bond acceptors (Lipinski definition) is 2. The van der Waals surface area contributed by atoms with Crippen LogP contribution in [0.1, 0.15) is 18.5 Å². The summed E-state index contributed by atoms with van der Waals surface area (Å²) in [7, 11) is 0. The first kappa shape index (κ1) is 7.83. The number of rotatable bonds is 2. The van der Waals surface area contributed by atoms with Crippen molar-refractivity contribution in [1.82, 2.24) is 9.78 Å². The Morgan fingerprint density at radius 3 is 3.09 bits per heavy atom. The van der Waals surface area contributed by atoms with Crippen molar-refractivity contribution in [2.45, 2.75) is 19.5 Å². The second kappa shape index (κ2) is 3.22. The molecule has 0 aromatic carbocycles. The van der Waals surface area contributed by atoms with Crippen LogP contribution in [-0.2, 0) is 6.54 Å². The zero-order chi connectivity index (χ0) is 8.27. The van der Waals surface area contributed by atoms with Gasteiger partial charge in [0.05, 0.1) is 6.20 Å². The quantitative estimate of drug-likeness (QED) is 0.623. The average Bonchev–Trinajstić information content (AvgIpc) is 2.37. The third-order valence-electron chi connectivity index (χ3n) is 1.43. The molecule has 2 N–H and O–H groups in total. The smallest absolute Gasteiger partial charge is 0.101 e. The molecule has 1 rings (SSSR count). The molecule has 0 fully saturated rings. The molecule has 0 amide bonds. The van der Waals surface area contributed by atoms with Crippen molar-refractivity contribution >= 4 is 0 Å².